The molecule has 2 rings (SSSR count). The smallest absolute Gasteiger partial charge is 0.338 e. The third-order valence-electron chi connectivity index (χ3n) is 2.30. The van der Waals surface area contributed by atoms with Crippen molar-refractivity contribution in [3.8, 4) is 0 Å². The van der Waals surface area contributed by atoms with Gasteiger partial charge in [0.15, 0.2) is 0 Å². The van der Waals surface area contributed by atoms with Crippen LogP contribution in [-0.4, -0.2) is 36.1 Å². The third kappa shape index (κ3) is 2.41. The molecule has 0 aromatic carbocycles. The molecule has 4 nitrogen and oxygen atoms in total. The summed E-state index contributed by atoms with van der Waals surface area (Å²) >= 11 is 0. The standard InChI is InChI=1S/C9H11F3N4/c10-9(11,12)7-5-14-8(15-6-7)16-3-1-13-2-4-16/h5-6,13H,1-4H2/i/hD. The molecule has 1 aromatic heterocycles. The van der Waals surface area contributed by atoms with Crippen LogP contribution in [0.25, 0.3) is 0 Å². The summed E-state index contributed by atoms with van der Waals surface area (Å²) in [4.78, 5) is 9.19. The second kappa shape index (κ2) is 4.25. The van der Waals surface area contributed by atoms with E-state index in [9.17, 15) is 13.2 Å². The molecule has 0 atom stereocenters. The minimum absolute atomic E-state index is 0.283. The van der Waals surface area contributed by atoms with Crippen molar-refractivity contribution in [2.45, 2.75) is 6.18 Å². The maximum absolute atomic E-state index is 12.3. The molecule has 1 N–H and O–H groups in total. The summed E-state index contributed by atoms with van der Waals surface area (Å²) in [5.41, 5.74) is -0.847. The van der Waals surface area contributed by atoms with Crippen LogP contribution in [0.2, 0.25) is 1.41 Å². The summed E-state index contributed by atoms with van der Waals surface area (Å²) in [6.07, 6.45) is -2.83. The van der Waals surface area contributed by atoms with Crippen molar-refractivity contribution < 1.29 is 14.6 Å². The van der Waals surface area contributed by atoms with Gasteiger partial charge in [0.1, 0.15) is 1.41 Å². The van der Waals surface area contributed by atoms with Crippen LogP contribution in [-0.2, 0) is 6.18 Å². The normalized spacial score (nSPS) is 19.7. The van der Waals surface area contributed by atoms with Gasteiger partial charge in [-0.25, -0.2) is 9.97 Å². The first-order chi connectivity index (χ1) is 7.97. The zero-order valence-corrected chi connectivity index (χ0v) is 8.41. The van der Waals surface area contributed by atoms with Crippen molar-refractivity contribution in [1.29, 1.82) is 0 Å². The zero-order valence-electron chi connectivity index (χ0n) is 9.41. The summed E-state index contributed by atoms with van der Waals surface area (Å²) in [7, 11) is 0. The van der Waals surface area contributed by atoms with Gasteiger partial charge in [0.2, 0.25) is 5.95 Å². The largest absolute Gasteiger partial charge is 0.419 e. The Balaban J connectivity index is 2.08. The van der Waals surface area contributed by atoms with Gasteiger partial charge >= 0.3 is 6.18 Å². The quantitative estimate of drug-likeness (QED) is 0.782. The second-order valence-electron chi connectivity index (χ2n) is 3.43. The molecule has 1 fully saturated rings. The highest BCUT2D eigenvalue weighted by Gasteiger charge is 2.31. The average molecular weight is 233 g/mol. The van der Waals surface area contributed by atoms with E-state index in [1.165, 1.54) is 5.31 Å². The molecule has 7 heteroatoms. The number of hydrogen-bond donors (Lipinski definition) is 1. The van der Waals surface area contributed by atoms with E-state index in [4.69, 9.17) is 1.41 Å². The van der Waals surface area contributed by atoms with Gasteiger partial charge in [0, 0.05) is 38.6 Å². The average Bonchev–Trinajstić information content (AvgIpc) is 2.29. The molecule has 88 valence electrons. The van der Waals surface area contributed by atoms with Crippen molar-refractivity contribution in [2.24, 2.45) is 0 Å². The Labute approximate surface area is 92.0 Å². The van der Waals surface area contributed by atoms with E-state index in [0.717, 1.165) is 12.4 Å². The van der Waals surface area contributed by atoms with Crippen molar-refractivity contribution in [2.75, 3.05) is 31.1 Å². The lowest BCUT2D eigenvalue weighted by atomic mass is 10.3. The molecule has 0 radical (unpaired) electrons. The second-order valence-corrected chi connectivity index (χ2v) is 3.43. The van der Waals surface area contributed by atoms with Gasteiger partial charge in [-0.2, -0.15) is 13.2 Å². The van der Waals surface area contributed by atoms with E-state index in [0.29, 0.717) is 26.2 Å². The van der Waals surface area contributed by atoms with Crippen LogP contribution in [0.1, 0.15) is 5.56 Å². The first-order valence-electron chi connectivity index (χ1n) is 5.29. The first-order valence-corrected chi connectivity index (χ1v) is 4.85. The molecular formula is C9H11F3N4. The number of hydrogen-bond acceptors (Lipinski definition) is 4. The molecule has 1 aliphatic rings. The minimum Gasteiger partial charge on any atom is -0.338 e. The lowest BCUT2D eigenvalue weighted by Crippen LogP contribution is -2.44. The van der Waals surface area contributed by atoms with Gasteiger partial charge in [-0.1, -0.05) is 0 Å². The summed E-state index contributed by atoms with van der Waals surface area (Å²) in [5, 5.41) is 1.40. The summed E-state index contributed by atoms with van der Waals surface area (Å²) in [6.45, 7) is 2.17. The van der Waals surface area contributed by atoms with Gasteiger partial charge < -0.3 is 10.2 Å². The maximum Gasteiger partial charge on any atom is 0.419 e. The maximum atomic E-state index is 12.3. The summed E-state index contributed by atoms with van der Waals surface area (Å²) in [6, 6.07) is 0. The molecule has 0 amide bonds. The Morgan fingerprint density at radius 3 is 2.31 bits per heavy atom. The molecule has 0 aliphatic carbocycles. The lowest BCUT2D eigenvalue weighted by molar-refractivity contribution is -0.138. The number of rotatable bonds is 1. The van der Waals surface area contributed by atoms with Gasteiger partial charge in [0.25, 0.3) is 0 Å². The number of nitrogens with one attached hydrogen (secondary N) is 1. The molecule has 0 saturated carbocycles. The number of piperazine rings is 1. The number of nitrogens with zero attached hydrogens (tertiary/aromatic N) is 3. The fraction of sp³-hybridized carbons (Fsp3) is 0.556. The van der Waals surface area contributed by atoms with E-state index >= 15 is 0 Å². The van der Waals surface area contributed by atoms with E-state index in [2.05, 4.69) is 9.97 Å². The van der Waals surface area contributed by atoms with Crippen LogP contribution in [0.15, 0.2) is 12.4 Å². The topological polar surface area (TPSA) is 41.0 Å². The monoisotopic (exact) mass is 233 g/mol. The van der Waals surface area contributed by atoms with Crippen LogP contribution < -0.4 is 10.2 Å². The van der Waals surface area contributed by atoms with E-state index in [1.807, 2.05) is 0 Å². The predicted molar refractivity (Wildman–Crippen MR) is 52.1 cm³/mol. The van der Waals surface area contributed by atoms with Crippen molar-refractivity contribution >= 4 is 5.95 Å². The third-order valence-corrected chi connectivity index (χ3v) is 2.30. The molecule has 1 aromatic rings. The van der Waals surface area contributed by atoms with Gasteiger partial charge in [-0.05, 0) is 0 Å². The fourth-order valence-corrected chi connectivity index (χ4v) is 1.44. The molecule has 0 spiro atoms. The Kier molecular flexibility index (Phi) is 2.61. The van der Waals surface area contributed by atoms with Crippen LogP contribution >= 0.6 is 0 Å². The van der Waals surface area contributed by atoms with Gasteiger partial charge in [-0.3, -0.25) is 0 Å². The highest BCUT2D eigenvalue weighted by Crippen LogP contribution is 2.28. The zero-order chi connectivity index (χ0) is 12.5. The highest BCUT2D eigenvalue weighted by molar-refractivity contribution is 5.31. The van der Waals surface area contributed by atoms with Crippen molar-refractivity contribution in [3.63, 3.8) is 0 Å². The Morgan fingerprint density at radius 2 is 1.81 bits per heavy atom. The van der Waals surface area contributed by atoms with Crippen molar-refractivity contribution in [1.82, 2.24) is 15.3 Å². The number of alkyl halides is 3. The van der Waals surface area contributed by atoms with Gasteiger partial charge in [0.05, 0.1) is 5.56 Å². The molecule has 1 aliphatic heterocycles. The predicted octanol–water partition coefficient (Wildman–Crippen LogP) is 0.905. The molecule has 0 bridgehead atoms. The number of halogens is 3. The first kappa shape index (κ1) is 9.83. The Bertz CT molecular complexity index is 373. The van der Waals surface area contributed by atoms with E-state index in [1.54, 1.807) is 4.90 Å². The van der Waals surface area contributed by atoms with Crippen molar-refractivity contribution in [3.05, 3.63) is 18.0 Å². The summed E-state index contributed by atoms with van der Waals surface area (Å²) < 4.78 is 44.2. The Morgan fingerprint density at radius 1 is 1.25 bits per heavy atom. The molecule has 0 unspecified atom stereocenters. The molecule has 1 saturated heterocycles. The van der Waals surface area contributed by atoms with Crippen LogP contribution in [0.5, 0.6) is 0 Å². The molecule has 2 heterocycles. The fourth-order valence-electron chi connectivity index (χ4n) is 1.44. The van der Waals surface area contributed by atoms with Gasteiger partial charge in [-0.15, -0.1) is 0 Å². The lowest BCUT2D eigenvalue weighted by Gasteiger charge is -2.27. The van der Waals surface area contributed by atoms with E-state index < -0.39 is 11.7 Å². The van der Waals surface area contributed by atoms with Crippen LogP contribution in [0.3, 0.4) is 0 Å². The SMILES string of the molecule is [2H]N1CCN(c2ncc(C(F)(F)F)cn2)CC1. The number of aromatic nitrogens is 2. The molecular weight excluding hydrogens is 221 g/mol. The van der Waals surface area contributed by atoms with Crippen LogP contribution in [0.4, 0.5) is 19.1 Å². The minimum atomic E-state index is -4.40. The van der Waals surface area contributed by atoms with E-state index in [-0.39, 0.29) is 5.95 Å². The number of anilines is 1. The van der Waals surface area contributed by atoms with Crippen LogP contribution in [0, 0.1) is 0 Å². The Hall–Kier alpha value is -1.37. The highest BCUT2D eigenvalue weighted by atomic mass is 19.4. The molecule has 16 heavy (non-hydrogen) atoms. The summed E-state index contributed by atoms with van der Waals surface area (Å²) in [5.74, 6) is 0.283.